The molecule has 2 aromatic carbocycles. The molecule has 1 N–H and O–H groups in total. The minimum atomic E-state index is -0.612. The van der Waals surface area contributed by atoms with Crippen molar-refractivity contribution in [3.05, 3.63) is 69.2 Å². The van der Waals surface area contributed by atoms with E-state index in [1.807, 2.05) is 17.9 Å². The molecule has 40 heavy (non-hydrogen) atoms. The number of amides is 2. The number of hydrogen-bond donors (Lipinski definition) is 1. The molecule has 3 atom stereocenters. The minimum absolute atomic E-state index is 0.0539. The van der Waals surface area contributed by atoms with Gasteiger partial charge in [-0.1, -0.05) is 46.3 Å². The summed E-state index contributed by atoms with van der Waals surface area (Å²) in [4.78, 5) is 29.9. The maximum atomic E-state index is 15.0. The van der Waals surface area contributed by atoms with Crippen molar-refractivity contribution in [2.24, 2.45) is 5.92 Å². The lowest BCUT2D eigenvalue weighted by Gasteiger charge is -2.46. The highest BCUT2D eigenvalue weighted by Gasteiger charge is 2.41. The van der Waals surface area contributed by atoms with Crippen molar-refractivity contribution in [3.63, 3.8) is 0 Å². The summed E-state index contributed by atoms with van der Waals surface area (Å²) >= 11 is 8.68. The fraction of sp³-hybridized carbons (Fsp3) is 0.548. The summed E-state index contributed by atoms with van der Waals surface area (Å²) in [7, 11) is 0. The number of carbonyl (C=O) groups is 2. The number of carbonyl (C=O) groups excluding carboxylic acids is 2. The normalized spacial score (nSPS) is 21.8. The third kappa shape index (κ3) is 6.98. The molecular formula is C31H39ClF2IN3O2. The highest BCUT2D eigenvalue weighted by molar-refractivity contribution is 14.1. The Morgan fingerprint density at radius 1 is 1.05 bits per heavy atom. The van der Waals surface area contributed by atoms with Gasteiger partial charge in [0.05, 0.1) is 0 Å². The summed E-state index contributed by atoms with van der Waals surface area (Å²) in [5.74, 6) is -1.72. The molecule has 0 spiro atoms. The standard InChI is InChI=1S/C31H39ClF2IN3O2/c1-18-14-24(25(16-27(18)32)29(35)36-19(2)39)20-8-11-37(12-9-20)30(40)23-10-13-38(31(3,4)5)17-26(23)22-7-6-21(33)15-28(22)34/h6-7,14-16,20,23,26,29H,8-13,17H2,1-5H3,(H,36,39)/t23-,26+,29-/m1/s1. The van der Waals surface area contributed by atoms with Crippen molar-refractivity contribution in [3.8, 4) is 0 Å². The number of halogens is 4. The third-order valence-corrected chi connectivity index (χ3v) is 9.84. The molecule has 0 bridgehead atoms. The van der Waals surface area contributed by atoms with Crippen LogP contribution in [0.15, 0.2) is 30.3 Å². The van der Waals surface area contributed by atoms with Gasteiger partial charge in [0, 0.05) is 55.0 Å². The minimum Gasteiger partial charge on any atom is -0.342 e. The van der Waals surface area contributed by atoms with Crippen LogP contribution >= 0.6 is 34.2 Å². The van der Waals surface area contributed by atoms with Gasteiger partial charge < -0.3 is 10.2 Å². The molecule has 5 nitrogen and oxygen atoms in total. The van der Waals surface area contributed by atoms with E-state index in [2.05, 4.69) is 59.6 Å². The lowest BCUT2D eigenvalue weighted by atomic mass is 9.77. The number of nitrogens with one attached hydrogen (secondary N) is 1. The van der Waals surface area contributed by atoms with Crippen molar-refractivity contribution < 1.29 is 18.4 Å². The second-order valence-electron chi connectivity index (χ2n) is 12.2. The lowest BCUT2D eigenvalue weighted by Crippen LogP contribution is -2.53. The summed E-state index contributed by atoms with van der Waals surface area (Å²) < 4.78 is 28.5. The first kappa shape index (κ1) is 31.2. The van der Waals surface area contributed by atoms with Crippen molar-refractivity contribution in [2.45, 2.75) is 75.3 Å². The number of likely N-dealkylation sites (tertiary alicyclic amines) is 2. The molecular weight excluding hydrogens is 647 g/mol. The monoisotopic (exact) mass is 685 g/mol. The Morgan fingerprint density at radius 3 is 2.33 bits per heavy atom. The lowest BCUT2D eigenvalue weighted by molar-refractivity contribution is -0.139. The Bertz CT molecular complexity index is 1260. The maximum absolute atomic E-state index is 15.0. The van der Waals surface area contributed by atoms with Crippen LogP contribution in [0.25, 0.3) is 0 Å². The highest BCUT2D eigenvalue weighted by atomic mass is 127. The summed E-state index contributed by atoms with van der Waals surface area (Å²) in [6.45, 7) is 12.4. The molecule has 0 aromatic heterocycles. The number of piperidine rings is 2. The number of alkyl halides is 1. The first-order valence-corrected chi connectivity index (χ1v) is 15.6. The molecule has 2 heterocycles. The molecule has 218 valence electrons. The smallest absolute Gasteiger partial charge is 0.226 e. The highest BCUT2D eigenvalue weighted by Crippen LogP contribution is 2.41. The fourth-order valence-electron chi connectivity index (χ4n) is 6.17. The van der Waals surface area contributed by atoms with Crippen LogP contribution in [0.3, 0.4) is 0 Å². The van der Waals surface area contributed by atoms with Gasteiger partial charge in [-0.15, -0.1) is 0 Å². The Balaban J connectivity index is 1.53. The zero-order valence-electron chi connectivity index (χ0n) is 23.9. The average Bonchev–Trinajstić information content (AvgIpc) is 2.88. The van der Waals surface area contributed by atoms with Crippen LogP contribution in [0, 0.1) is 24.5 Å². The van der Waals surface area contributed by atoms with Crippen LogP contribution in [-0.2, 0) is 9.59 Å². The molecule has 2 amide bonds. The van der Waals surface area contributed by atoms with Crippen LogP contribution in [0.2, 0.25) is 5.02 Å². The Kier molecular flexibility index (Phi) is 9.83. The van der Waals surface area contributed by atoms with Crippen LogP contribution in [-0.4, -0.2) is 53.3 Å². The predicted octanol–water partition coefficient (Wildman–Crippen LogP) is 7.11. The van der Waals surface area contributed by atoms with E-state index in [-0.39, 0.29) is 39.2 Å². The number of hydrogen-bond acceptors (Lipinski definition) is 3. The molecule has 2 fully saturated rings. The van der Waals surface area contributed by atoms with Gasteiger partial charge in [0.15, 0.2) is 0 Å². The van der Waals surface area contributed by atoms with E-state index in [0.717, 1.165) is 42.1 Å². The van der Waals surface area contributed by atoms with Gasteiger partial charge in [0.25, 0.3) is 0 Å². The van der Waals surface area contributed by atoms with Gasteiger partial charge in [-0.05, 0) is 93.8 Å². The molecule has 4 rings (SSSR count). The Hall–Kier alpha value is -1.78. The van der Waals surface area contributed by atoms with Gasteiger partial charge in [-0.2, -0.15) is 0 Å². The van der Waals surface area contributed by atoms with Gasteiger partial charge in [0.2, 0.25) is 11.8 Å². The van der Waals surface area contributed by atoms with Gasteiger partial charge >= 0.3 is 0 Å². The van der Waals surface area contributed by atoms with Crippen molar-refractivity contribution >= 4 is 46.0 Å². The van der Waals surface area contributed by atoms with E-state index >= 15 is 0 Å². The van der Waals surface area contributed by atoms with Crippen molar-refractivity contribution in [1.82, 2.24) is 15.1 Å². The average molecular weight is 686 g/mol. The quantitative estimate of drug-likeness (QED) is 0.208. The number of rotatable bonds is 5. The van der Waals surface area contributed by atoms with Crippen LogP contribution in [0.5, 0.6) is 0 Å². The third-order valence-electron chi connectivity index (χ3n) is 8.45. The summed E-state index contributed by atoms with van der Waals surface area (Å²) in [6, 6.07) is 7.78. The SMILES string of the molecule is CC(=O)N[C@@H](I)c1cc(Cl)c(C)cc1C1CCN(C(=O)[C@@H]2CCN(C(C)(C)C)C[C@H]2c2ccc(F)cc2F)CC1. The molecule has 0 radical (unpaired) electrons. The molecule has 0 aliphatic carbocycles. The summed E-state index contributed by atoms with van der Waals surface area (Å²) in [5.41, 5.74) is 3.43. The number of nitrogens with zero attached hydrogens (tertiary/aromatic N) is 2. The van der Waals surface area contributed by atoms with Crippen molar-refractivity contribution in [1.29, 1.82) is 0 Å². The van der Waals surface area contributed by atoms with Crippen LogP contribution < -0.4 is 5.32 Å². The zero-order valence-corrected chi connectivity index (χ0v) is 26.8. The summed E-state index contributed by atoms with van der Waals surface area (Å²) in [6.07, 6.45) is 2.21. The molecule has 2 aliphatic rings. The van der Waals surface area contributed by atoms with E-state index in [9.17, 15) is 18.4 Å². The van der Waals surface area contributed by atoms with Gasteiger partial charge in [-0.3, -0.25) is 14.5 Å². The van der Waals surface area contributed by atoms with E-state index in [0.29, 0.717) is 36.6 Å². The second kappa shape index (κ2) is 12.6. The van der Waals surface area contributed by atoms with Crippen molar-refractivity contribution in [2.75, 3.05) is 26.2 Å². The van der Waals surface area contributed by atoms with Gasteiger partial charge in [0.1, 0.15) is 15.7 Å². The molecule has 9 heteroatoms. The predicted molar refractivity (Wildman–Crippen MR) is 164 cm³/mol. The first-order chi connectivity index (χ1) is 18.8. The fourth-order valence-corrected chi connectivity index (χ4v) is 7.32. The first-order valence-electron chi connectivity index (χ1n) is 14.0. The summed E-state index contributed by atoms with van der Waals surface area (Å²) in [5, 5.41) is 3.63. The Morgan fingerprint density at radius 2 is 1.73 bits per heavy atom. The molecule has 0 unspecified atom stereocenters. The second-order valence-corrected chi connectivity index (χ2v) is 13.8. The topological polar surface area (TPSA) is 52.7 Å². The van der Waals surface area contributed by atoms with E-state index in [1.54, 1.807) is 0 Å². The zero-order chi connectivity index (χ0) is 29.4. The van der Waals surface area contributed by atoms with E-state index in [1.165, 1.54) is 19.1 Å². The molecule has 2 saturated heterocycles. The van der Waals surface area contributed by atoms with Gasteiger partial charge in [-0.25, -0.2) is 8.78 Å². The molecule has 2 aromatic rings. The van der Waals surface area contributed by atoms with E-state index in [4.69, 9.17) is 11.6 Å². The number of aryl methyl sites for hydroxylation is 1. The van der Waals surface area contributed by atoms with Crippen LogP contribution in [0.4, 0.5) is 8.78 Å². The Labute approximate surface area is 255 Å². The largest absolute Gasteiger partial charge is 0.342 e. The number of benzene rings is 2. The van der Waals surface area contributed by atoms with E-state index < -0.39 is 11.6 Å². The molecule has 2 aliphatic heterocycles. The van der Waals surface area contributed by atoms with Crippen LogP contribution in [0.1, 0.15) is 85.1 Å². The molecule has 0 saturated carbocycles. The maximum Gasteiger partial charge on any atom is 0.226 e.